The molecule has 1 aromatic carbocycles. The number of aryl methyl sites for hydroxylation is 2. The lowest BCUT2D eigenvalue weighted by Gasteiger charge is -2.11. The van der Waals surface area contributed by atoms with Crippen LogP contribution in [-0.4, -0.2) is 26.1 Å². The molecule has 100 valence electrons. The van der Waals surface area contributed by atoms with Crippen LogP contribution in [0.3, 0.4) is 0 Å². The third-order valence-corrected chi connectivity index (χ3v) is 3.41. The summed E-state index contributed by atoms with van der Waals surface area (Å²) in [5, 5.41) is 13.6. The van der Waals surface area contributed by atoms with Crippen LogP contribution in [0.25, 0.3) is 0 Å². The van der Waals surface area contributed by atoms with E-state index in [1.807, 2.05) is 0 Å². The second-order valence-corrected chi connectivity index (χ2v) is 5.45. The Morgan fingerprint density at radius 2 is 1.94 bits per heavy atom. The van der Waals surface area contributed by atoms with Crippen LogP contribution in [0.4, 0.5) is 0 Å². The third kappa shape index (κ3) is 3.71. The Kier molecular flexibility index (Phi) is 4.31. The van der Waals surface area contributed by atoms with Crippen molar-refractivity contribution in [2.24, 2.45) is 5.14 Å². The zero-order valence-electron chi connectivity index (χ0n) is 10.1. The largest absolute Gasteiger partial charge is 0.493 e. The number of carbonyl (C=O) groups is 1. The van der Waals surface area contributed by atoms with Crippen molar-refractivity contribution in [2.45, 2.75) is 25.2 Å². The van der Waals surface area contributed by atoms with E-state index < -0.39 is 16.0 Å². The minimum absolute atomic E-state index is 0.0321. The maximum Gasteiger partial charge on any atom is 0.306 e. The fourth-order valence-corrected chi connectivity index (χ4v) is 2.32. The maximum atomic E-state index is 11.3. The summed E-state index contributed by atoms with van der Waals surface area (Å²) in [6.07, 6.45) is -0.116. The monoisotopic (exact) mass is 273 g/mol. The van der Waals surface area contributed by atoms with Crippen LogP contribution in [0.2, 0.25) is 0 Å². The van der Waals surface area contributed by atoms with Gasteiger partial charge in [-0.3, -0.25) is 4.79 Å². The molecular weight excluding hydrogens is 258 g/mol. The van der Waals surface area contributed by atoms with Gasteiger partial charge in [0.1, 0.15) is 5.75 Å². The van der Waals surface area contributed by atoms with Gasteiger partial charge in [-0.15, -0.1) is 0 Å². The van der Waals surface area contributed by atoms with Crippen molar-refractivity contribution in [1.29, 1.82) is 0 Å². The van der Waals surface area contributed by atoms with Crippen LogP contribution < -0.4 is 9.88 Å². The van der Waals surface area contributed by atoms with Crippen LogP contribution in [0.15, 0.2) is 17.0 Å². The molecule has 0 spiro atoms. The molecule has 1 rings (SSSR count). The number of sulfonamides is 1. The van der Waals surface area contributed by atoms with Gasteiger partial charge in [-0.05, 0) is 37.1 Å². The molecule has 0 saturated carbocycles. The normalized spacial score (nSPS) is 11.3. The predicted octanol–water partition coefficient (Wildman–Crippen LogP) is 0.804. The summed E-state index contributed by atoms with van der Waals surface area (Å²) >= 11 is 0. The third-order valence-electron chi connectivity index (χ3n) is 2.35. The van der Waals surface area contributed by atoms with Gasteiger partial charge in [-0.2, -0.15) is 0 Å². The Morgan fingerprint density at radius 3 is 2.44 bits per heavy atom. The van der Waals surface area contributed by atoms with Gasteiger partial charge in [0.25, 0.3) is 0 Å². The molecular formula is C11H15NO5S. The smallest absolute Gasteiger partial charge is 0.306 e. The lowest BCUT2D eigenvalue weighted by atomic mass is 10.1. The van der Waals surface area contributed by atoms with E-state index in [2.05, 4.69) is 0 Å². The highest BCUT2D eigenvalue weighted by atomic mass is 32.2. The van der Waals surface area contributed by atoms with E-state index >= 15 is 0 Å². The van der Waals surface area contributed by atoms with Gasteiger partial charge >= 0.3 is 5.97 Å². The Hall–Kier alpha value is -1.60. The molecule has 0 aromatic heterocycles. The van der Waals surface area contributed by atoms with Gasteiger partial charge in [-0.25, -0.2) is 13.6 Å². The summed E-state index contributed by atoms with van der Waals surface area (Å²) < 4.78 is 27.8. The molecule has 1 aromatic rings. The summed E-state index contributed by atoms with van der Waals surface area (Å²) in [5.74, 6) is -0.494. The minimum atomic E-state index is -3.76. The molecule has 0 unspecified atom stereocenters. The predicted molar refractivity (Wildman–Crippen MR) is 65.0 cm³/mol. The molecule has 3 N–H and O–H groups in total. The van der Waals surface area contributed by atoms with Crippen molar-refractivity contribution < 1.29 is 23.1 Å². The number of carboxylic acid groups (broad SMARTS) is 1. The van der Waals surface area contributed by atoms with Crippen LogP contribution in [0, 0.1) is 13.8 Å². The van der Waals surface area contributed by atoms with E-state index in [4.69, 9.17) is 15.0 Å². The summed E-state index contributed by atoms with van der Waals surface area (Å²) in [4.78, 5) is 10.4. The second-order valence-electron chi connectivity index (χ2n) is 3.92. The summed E-state index contributed by atoms with van der Waals surface area (Å²) in [5.41, 5.74) is 1.06. The van der Waals surface area contributed by atoms with Crippen molar-refractivity contribution >= 4 is 16.0 Å². The highest BCUT2D eigenvalue weighted by Gasteiger charge is 2.14. The molecule has 0 aliphatic carbocycles. The first-order valence-corrected chi connectivity index (χ1v) is 6.75. The Balaban J connectivity index is 2.97. The number of nitrogens with two attached hydrogens (primary N) is 1. The highest BCUT2D eigenvalue weighted by molar-refractivity contribution is 7.89. The van der Waals surface area contributed by atoms with Gasteiger partial charge in [0.15, 0.2) is 0 Å². The summed E-state index contributed by atoms with van der Waals surface area (Å²) in [6, 6.07) is 2.96. The SMILES string of the molecule is Cc1cc(S(N)(=O)=O)c(C)cc1OCCC(=O)O. The van der Waals surface area contributed by atoms with Crippen LogP contribution >= 0.6 is 0 Å². The standard InChI is InChI=1S/C11H15NO5S/c1-7-6-10(18(12,15)16)8(2)5-9(7)17-4-3-11(13)14/h5-6H,3-4H2,1-2H3,(H,13,14)(H2,12,15,16). The maximum absolute atomic E-state index is 11.3. The molecule has 0 aliphatic heterocycles. The zero-order valence-corrected chi connectivity index (χ0v) is 11.0. The molecule has 0 saturated heterocycles. The molecule has 7 heteroatoms. The van der Waals surface area contributed by atoms with Crippen molar-refractivity contribution in [3.8, 4) is 5.75 Å². The fourth-order valence-electron chi connectivity index (χ4n) is 1.47. The van der Waals surface area contributed by atoms with E-state index in [0.29, 0.717) is 16.9 Å². The first-order chi connectivity index (χ1) is 8.21. The highest BCUT2D eigenvalue weighted by Crippen LogP contribution is 2.25. The van der Waals surface area contributed by atoms with Gasteiger partial charge < -0.3 is 9.84 Å². The fraction of sp³-hybridized carbons (Fsp3) is 0.364. The van der Waals surface area contributed by atoms with E-state index in [1.165, 1.54) is 12.1 Å². The van der Waals surface area contributed by atoms with E-state index in [9.17, 15) is 13.2 Å². The lowest BCUT2D eigenvalue weighted by molar-refractivity contribution is -0.137. The molecule has 0 aliphatic rings. The first-order valence-electron chi connectivity index (χ1n) is 5.20. The van der Waals surface area contributed by atoms with Gasteiger partial charge in [0, 0.05) is 0 Å². The summed E-state index contributed by atoms with van der Waals surface area (Å²) in [6.45, 7) is 3.30. The Morgan fingerprint density at radius 1 is 1.33 bits per heavy atom. The number of primary sulfonamides is 1. The quantitative estimate of drug-likeness (QED) is 0.825. The number of ether oxygens (including phenoxy) is 1. The van der Waals surface area contributed by atoms with Crippen molar-refractivity contribution in [3.05, 3.63) is 23.3 Å². The number of rotatable bonds is 5. The summed E-state index contributed by atoms with van der Waals surface area (Å²) in [7, 11) is -3.76. The molecule has 0 heterocycles. The minimum Gasteiger partial charge on any atom is -0.493 e. The van der Waals surface area contributed by atoms with E-state index in [-0.39, 0.29) is 17.9 Å². The molecule has 0 amide bonds. The average Bonchev–Trinajstić information content (AvgIpc) is 2.20. The molecule has 6 nitrogen and oxygen atoms in total. The zero-order chi connectivity index (χ0) is 13.9. The topological polar surface area (TPSA) is 107 Å². The Labute approximate surface area is 105 Å². The first kappa shape index (κ1) is 14.5. The second kappa shape index (κ2) is 5.36. The number of benzene rings is 1. The molecule has 0 bridgehead atoms. The lowest BCUT2D eigenvalue weighted by Crippen LogP contribution is -2.14. The molecule has 0 radical (unpaired) electrons. The van der Waals surface area contributed by atoms with Crippen molar-refractivity contribution in [1.82, 2.24) is 0 Å². The van der Waals surface area contributed by atoms with Crippen LogP contribution in [0.1, 0.15) is 17.5 Å². The number of aliphatic carboxylic acids is 1. The van der Waals surface area contributed by atoms with Gasteiger partial charge in [-0.1, -0.05) is 0 Å². The Bertz CT molecular complexity index is 565. The number of hydrogen-bond donors (Lipinski definition) is 2. The molecule has 0 fully saturated rings. The van der Waals surface area contributed by atoms with Crippen LogP contribution in [0.5, 0.6) is 5.75 Å². The molecule has 0 atom stereocenters. The van der Waals surface area contributed by atoms with Crippen molar-refractivity contribution in [2.75, 3.05) is 6.61 Å². The van der Waals surface area contributed by atoms with Gasteiger partial charge in [0.05, 0.1) is 17.9 Å². The van der Waals surface area contributed by atoms with Gasteiger partial charge in [0.2, 0.25) is 10.0 Å². The van der Waals surface area contributed by atoms with Crippen LogP contribution in [-0.2, 0) is 14.8 Å². The number of hydrogen-bond acceptors (Lipinski definition) is 4. The molecule has 18 heavy (non-hydrogen) atoms. The average molecular weight is 273 g/mol. The van der Waals surface area contributed by atoms with E-state index in [0.717, 1.165) is 0 Å². The van der Waals surface area contributed by atoms with E-state index in [1.54, 1.807) is 13.8 Å². The van der Waals surface area contributed by atoms with Crippen molar-refractivity contribution in [3.63, 3.8) is 0 Å². The number of carboxylic acids is 1.